The summed E-state index contributed by atoms with van der Waals surface area (Å²) < 4.78 is 6.37. The first-order valence-corrected chi connectivity index (χ1v) is 8.59. The third-order valence-electron chi connectivity index (χ3n) is 3.45. The van der Waals surface area contributed by atoms with Crippen LogP contribution in [-0.4, -0.2) is 20.7 Å². The maximum absolute atomic E-state index is 12.2. The van der Waals surface area contributed by atoms with E-state index in [1.54, 1.807) is 18.2 Å². The Balaban J connectivity index is 1.74. The molecule has 0 fully saturated rings. The molecule has 0 unspecified atom stereocenters. The number of nitrogens with one attached hydrogen (secondary N) is 1. The second-order valence-corrected chi connectivity index (χ2v) is 7.39. The van der Waals surface area contributed by atoms with Crippen LogP contribution in [0.2, 0.25) is 0 Å². The van der Waals surface area contributed by atoms with Crippen molar-refractivity contribution in [2.75, 3.05) is 5.32 Å². The van der Waals surface area contributed by atoms with Gasteiger partial charge in [0, 0.05) is 16.9 Å². The molecule has 7 nitrogen and oxygen atoms in total. The maximum atomic E-state index is 12.2. The van der Waals surface area contributed by atoms with E-state index in [4.69, 9.17) is 4.42 Å². The van der Waals surface area contributed by atoms with E-state index in [9.17, 15) is 9.59 Å². The number of carbonyl (C=O) groups is 1. The number of carbonyl (C=O) groups excluding carboxylic acids is 1. The van der Waals surface area contributed by atoms with Gasteiger partial charge in [-0.2, -0.15) is 5.10 Å². The molecule has 25 heavy (non-hydrogen) atoms. The SMILES string of the molecule is CC(C)(C)c1csc(NC(=O)Cn2nc(-c3ccco3)ccc2=O)n1. The number of aromatic nitrogens is 3. The van der Waals surface area contributed by atoms with E-state index in [1.807, 2.05) is 5.38 Å². The molecule has 3 aromatic heterocycles. The standard InChI is InChI=1S/C17H18N4O3S/c1-17(2,3)13-10-25-16(18-13)19-14(22)9-21-15(23)7-6-11(20-21)12-5-4-8-24-12/h4-8,10H,9H2,1-3H3,(H,18,19,22). The van der Waals surface area contributed by atoms with E-state index < -0.39 is 0 Å². The predicted molar refractivity (Wildman–Crippen MR) is 95.6 cm³/mol. The molecule has 0 aromatic carbocycles. The van der Waals surface area contributed by atoms with E-state index in [0.717, 1.165) is 10.4 Å². The number of rotatable bonds is 4. The summed E-state index contributed by atoms with van der Waals surface area (Å²) in [6, 6.07) is 6.39. The largest absolute Gasteiger partial charge is 0.463 e. The topological polar surface area (TPSA) is 90.0 Å². The van der Waals surface area contributed by atoms with Crippen molar-refractivity contribution in [2.45, 2.75) is 32.7 Å². The molecule has 0 saturated carbocycles. The van der Waals surface area contributed by atoms with Crippen molar-refractivity contribution in [3.8, 4) is 11.5 Å². The van der Waals surface area contributed by atoms with Gasteiger partial charge < -0.3 is 9.73 Å². The Morgan fingerprint density at radius 1 is 1.32 bits per heavy atom. The van der Waals surface area contributed by atoms with Gasteiger partial charge >= 0.3 is 0 Å². The highest BCUT2D eigenvalue weighted by atomic mass is 32.1. The van der Waals surface area contributed by atoms with E-state index in [1.165, 1.54) is 23.7 Å². The van der Waals surface area contributed by atoms with Gasteiger partial charge in [0.05, 0.1) is 12.0 Å². The van der Waals surface area contributed by atoms with E-state index >= 15 is 0 Å². The first-order chi connectivity index (χ1) is 11.8. The van der Waals surface area contributed by atoms with Crippen LogP contribution in [0.15, 0.2) is 45.1 Å². The Labute approximate surface area is 148 Å². The molecular formula is C17H18N4O3S. The average molecular weight is 358 g/mol. The molecule has 0 radical (unpaired) electrons. The molecule has 1 N–H and O–H groups in total. The second-order valence-electron chi connectivity index (χ2n) is 6.53. The number of furan rings is 1. The minimum atomic E-state index is -0.361. The second kappa shape index (κ2) is 6.64. The number of nitrogens with zero attached hydrogens (tertiary/aromatic N) is 3. The van der Waals surface area contributed by atoms with Crippen molar-refractivity contribution in [3.05, 3.63) is 52.0 Å². The smallest absolute Gasteiger partial charge is 0.267 e. The highest BCUT2D eigenvalue weighted by Gasteiger charge is 2.18. The Morgan fingerprint density at radius 3 is 2.76 bits per heavy atom. The molecule has 0 saturated heterocycles. The van der Waals surface area contributed by atoms with Crippen LogP contribution in [0.3, 0.4) is 0 Å². The van der Waals surface area contributed by atoms with Crippen molar-refractivity contribution in [1.82, 2.24) is 14.8 Å². The van der Waals surface area contributed by atoms with E-state index in [2.05, 4.69) is 36.2 Å². The molecule has 3 aromatic rings. The molecule has 3 rings (SSSR count). The monoisotopic (exact) mass is 358 g/mol. The lowest BCUT2D eigenvalue weighted by molar-refractivity contribution is -0.117. The zero-order chi connectivity index (χ0) is 18.0. The first kappa shape index (κ1) is 17.1. The van der Waals surface area contributed by atoms with E-state index in [-0.39, 0.29) is 23.4 Å². The number of anilines is 1. The van der Waals surface area contributed by atoms with Crippen LogP contribution in [0, 0.1) is 0 Å². The fourth-order valence-corrected chi connectivity index (χ4v) is 3.04. The maximum Gasteiger partial charge on any atom is 0.267 e. The van der Waals surface area contributed by atoms with Crippen LogP contribution in [0.25, 0.3) is 11.5 Å². The van der Waals surface area contributed by atoms with Crippen molar-refractivity contribution >= 4 is 22.4 Å². The predicted octanol–water partition coefficient (Wildman–Crippen LogP) is 2.90. The van der Waals surface area contributed by atoms with Crippen LogP contribution < -0.4 is 10.9 Å². The molecule has 0 aliphatic rings. The summed E-state index contributed by atoms with van der Waals surface area (Å²) in [5, 5.41) is 9.30. The van der Waals surface area contributed by atoms with Gasteiger partial charge in [-0.25, -0.2) is 9.67 Å². The van der Waals surface area contributed by atoms with Crippen LogP contribution >= 0.6 is 11.3 Å². The normalized spacial score (nSPS) is 11.5. The van der Waals surface area contributed by atoms with Gasteiger partial charge in [0.2, 0.25) is 5.91 Å². The van der Waals surface area contributed by atoms with Gasteiger partial charge in [-0.05, 0) is 18.2 Å². The summed E-state index contributed by atoms with van der Waals surface area (Å²) in [4.78, 5) is 28.6. The molecule has 1 amide bonds. The fraction of sp³-hybridized carbons (Fsp3) is 0.294. The Bertz CT molecular complexity index is 935. The van der Waals surface area contributed by atoms with Crippen molar-refractivity contribution in [3.63, 3.8) is 0 Å². The highest BCUT2D eigenvalue weighted by molar-refractivity contribution is 7.13. The number of amides is 1. The first-order valence-electron chi connectivity index (χ1n) is 7.71. The summed E-state index contributed by atoms with van der Waals surface area (Å²) in [5.74, 6) is 0.171. The lowest BCUT2D eigenvalue weighted by Crippen LogP contribution is -2.29. The van der Waals surface area contributed by atoms with E-state index in [0.29, 0.717) is 16.6 Å². The Morgan fingerprint density at radius 2 is 2.12 bits per heavy atom. The Kier molecular flexibility index (Phi) is 4.54. The molecule has 3 heterocycles. The minimum Gasteiger partial charge on any atom is -0.463 e. The molecule has 130 valence electrons. The van der Waals surface area contributed by atoms with Crippen molar-refractivity contribution in [2.24, 2.45) is 0 Å². The number of thiazole rings is 1. The van der Waals surface area contributed by atoms with Gasteiger partial charge in [-0.1, -0.05) is 20.8 Å². The molecule has 0 spiro atoms. The van der Waals surface area contributed by atoms with Gasteiger partial charge in [0.15, 0.2) is 10.9 Å². The summed E-state index contributed by atoms with van der Waals surface area (Å²) in [7, 11) is 0. The van der Waals surface area contributed by atoms with Crippen molar-refractivity contribution in [1.29, 1.82) is 0 Å². The third kappa shape index (κ3) is 4.03. The zero-order valence-electron chi connectivity index (χ0n) is 14.1. The molecule has 0 bridgehead atoms. The molecule has 0 atom stereocenters. The van der Waals surface area contributed by atoms with Gasteiger partial charge in [0.1, 0.15) is 12.2 Å². The summed E-state index contributed by atoms with van der Waals surface area (Å²) in [6.45, 7) is 5.96. The Hall–Kier alpha value is -2.74. The summed E-state index contributed by atoms with van der Waals surface area (Å²) in [5.41, 5.74) is 0.944. The van der Waals surface area contributed by atoms with Crippen molar-refractivity contribution < 1.29 is 9.21 Å². The van der Waals surface area contributed by atoms with Gasteiger partial charge in [0.25, 0.3) is 5.56 Å². The molecule has 0 aliphatic heterocycles. The minimum absolute atomic E-state index is 0.0880. The molecule has 0 aliphatic carbocycles. The highest BCUT2D eigenvalue weighted by Crippen LogP contribution is 2.26. The number of hydrogen-bond acceptors (Lipinski definition) is 6. The average Bonchev–Trinajstić information content (AvgIpc) is 3.20. The summed E-state index contributed by atoms with van der Waals surface area (Å²) >= 11 is 1.35. The third-order valence-corrected chi connectivity index (χ3v) is 4.21. The van der Waals surface area contributed by atoms with Crippen LogP contribution in [0.5, 0.6) is 0 Å². The van der Waals surface area contributed by atoms with Gasteiger partial charge in [-0.15, -0.1) is 11.3 Å². The van der Waals surface area contributed by atoms with Gasteiger partial charge in [-0.3, -0.25) is 9.59 Å². The van der Waals surface area contributed by atoms with Crippen LogP contribution in [0.1, 0.15) is 26.5 Å². The summed E-state index contributed by atoms with van der Waals surface area (Å²) in [6.07, 6.45) is 1.52. The fourth-order valence-electron chi connectivity index (χ4n) is 2.09. The quantitative estimate of drug-likeness (QED) is 0.774. The van der Waals surface area contributed by atoms with Crippen LogP contribution in [-0.2, 0) is 16.8 Å². The lowest BCUT2D eigenvalue weighted by atomic mass is 9.93. The lowest BCUT2D eigenvalue weighted by Gasteiger charge is -2.14. The number of hydrogen-bond donors (Lipinski definition) is 1. The van der Waals surface area contributed by atoms with Crippen LogP contribution in [0.4, 0.5) is 5.13 Å². The molecular weight excluding hydrogens is 340 g/mol. The zero-order valence-corrected chi connectivity index (χ0v) is 15.0. The molecule has 8 heteroatoms.